The SMILES string of the molecule is Cc1ccc(CCn2cnc3cc(N=C(N[C@H]4C[C@H]5C[C@H]([C@H]4C)C5(C)C)N4CCN[C@@H](C(C)C)C4)ccc3c2=O)c(F)c1. The molecule has 1 aromatic heterocycles. The van der Waals surface area contributed by atoms with Crippen LogP contribution in [0.4, 0.5) is 10.1 Å². The van der Waals surface area contributed by atoms with Crippen LogP contribution in [0.15, 0.2) is 52.5 Å². The molecule has 3 saturated carbocycles. The van der Waals surface area contributed by atoms with Crippen molar-refractivity contribution >= 4 is 22.5 Å². The predicted octanol–water partition coefficient (Wildman–Crippen LogP) is 5.66. The van der Waals surface area contributed by atoms with E-state index in [1.54, 1.807) is 17.0 Å². The Balaban J connectivity index is 1.26. The minimum absolute atomic E-state index is 0.119. The number of fused-ring (bicyclic) bond motifs is 3. The van der Waals surface area contributed by atoms with Gasteiger partial charge in [-0.3, -0.25) is 9.36 Å². The van der Waals surface area contributed by atoms with E-state index in [4.69, 9.17) is 4.99 Å². The van der Waals surface area contributed by atoms with Crippen molar-refractivity contribution < 1.29 is 4.39 Å². The summed E-state index contributed by atoms with van der Waals surface area (Å²) in [5.74, 6) is 3.30. The highest BCUT2D eigenvalue weighted by atomic mass is 19.1. The number of nitrogens with one attached hydrogen (secondary N) is 2. The summed E-state index contributed by atoms with van der Waals surface area (Å²) in [7, 11) is 0. The van der Waals surface area contributed by atoms with E-state index in [1.165, 1.54) is 18.9 Å². The number of hydrogen-bond donors (Lipinski definition) is 2. The fraction of sp³-hybridized carbons (Fsp3) is 0.571. The van der Waals surface area contributed by atoms with Crippen LogP contribution in [0.3, 0.4) is 0 Å². The van der Waals surface area contributed by atoms with E-state index in [9.17, 15) is 9.18 Å². The number of guanidine groups is 1. The van der Waals surface area contributed by atoms with Crippen molar-refractivity contribution in [3.63, 3.8) is 0 Å². The molecule has 2 N–H and O–H groups in total. The molecule has 4 fully saturated rings. The molecule has 2 heterocycles. The van der Waals surface area contributed by atoms with Gasteiger partial charge in [0.05, 0.1) is 22.9 Å². The van der Waals surface area contributed by atoms with Gasteiger partial charge in [0.25, 0.3) is 5.56 Å². The number of benzene rings is 2. The Kier molecular flexibility index (Phi) is 8.09. The molecule has 43 heavy (non-hydrogen) atoms. The average molecular weight is 587 g/mol. The average Bonchev–Trinajstić information content (AvgIpc) is 2.98. The molecule has 0 unspecified atom stereocenters. The van der Waals surface area contributed by atoms with Crippen LogP contribution in [0.2, 0.25) is 0 Å². The highest BCUT2D eigenvalue weighted by Gasteiger charge is 2.56. The summed E-state index contributed by atoms with van der Waals surface area (Å²) < 4.78 is 15.9. The quantitative estimate of drug-likeness (QED) is 0.288. The molecule has 5 atom stereocenters. The molecule has 0 spiro atoms. The summed E-state index contributed by atoms with van der Waals surface area (Å²) in [4.78, 5) is 25.5. The third-order valence-electron chi connectivity index (χ3n) is 10.9. The number of aromatic nitrogens is 2. The monoisotopic (exact) mass is 586 g/mol. The van der Waals surface area contributed by atoms with Crippen molar-refractivity contribution in [1.82, 2.24) is 25.1 Å². The van der Waals surface area contributed by atoms with Crippen LogP contribution in [-0.2, 0) is 13.0 Å². The molecule has 2 aromatic carbocycles. The van der Waals surface area contributed by atoms with E-state index in [1.807, 2.05) is 31.2 Å². The highest BCUT2D eigenvalue weighted by molar-refractivity contribution is 5.86. The first kappa shape index (κ1) is 29.8. The first-order chi connectivity index (χ1) is 20.5. The van der Waals surface area contributed by atoms with E-state index in [0.29, 0.717) is 58.8 Å². The Bertz CT molecular complexity index is 1580. The third-order valence-corrected chi connectivity index (χ3v) is 10.9. The molecule has 8 heteroatoms. The van der Waals surface area contributed by atoms with Crippen molar-refractivity contribution in [3.05, 3.63) is 70.0 Å². The van der Waals surface area contributed by atoms with E-state index >= 15 is 0 Å². The number of piperazine rings is 1. The van der Waals surface area contributed by atoms with E-state index in [-0.39, 0.29) is 11.4 Å². The Morgan fingerprint density at radius 1 is 1.21 bits per heavy atom. The molecule has 7 rings (SSSR count). The standard InChI is InChI=1S/C35H47FN6O/c1-21(2)32-19-41(14-12-37-32)34(40-30-17-25-16-28(23(30)4)35(25,5)6)39-26-9-10-27-31(18-26)38-20-42(33(27)43)13-11-24-8-7-22(3)15-29(24)36/h7-10,15,18,20-21,23,25,28,30,32,37H,11-14,16-17,19H2,1-6H3,(H,39,40)/t23-,25-,28-,30+,32-/m1/s1. The number of rotatable bonds is 6. The van der Waals surface area contributed by atoms with Gasteiger partial charge in [-0.25, -0.2) is 14.4 Å². The molecule has 0 amide bonds. The van der Waals surface area contributed by atoms with Crippen LogP contribution < -0.4 is 16.2 Å². The van der Waals surface area contributed by atoms with E-state index < -0.39 is 0 Å². The van der Waals surface area contributed by atoms with Crippen LogP contribution >= 0.6 is 0 Å². The van der Waals surface area contributed by atoms with Crippen molar-refractivity contribution in [2.24, 2.45) is 34.1 Å². The molecule has 230 valence electrons. The second kappa shape index (κ2) is 11.7. The second-order valence-corrected chi connectivity index (χ2v) is 14.2. The topological polar surface area (TPSA) is 74.6 Å². The number of aryl methyl sites for hydroxylation is 3. The summed E-state index contributed by atoms with van der Waals surface area (Å²) in [6.07, 6.45) is 4.52. The lowest BCUT2D eigenvalue weighted by Gasteiger charge is -2.62. The summed E-state index contributed by atoms with van der Waals surface area (Å²) in [6, 6.07) is 11.7. The first-order valence-corrected chi connectivity index (χ1v) is 16.1. The van der Waals surface area contributed by atoms with Crippen molar-refractivity contribution in [2.45, 2.75) is 79.4 Å². The Labute approximate surface area is 255 Å². The lowest BCUT2D eigenvalue weighted by Crippen LogP contribution is -2.63. The summed E-state index contributed by atoms with van der Waals surface area (Å²) in [5, 5.41) is 8.14. The summed E-state index contributed by atoms with van der Waals surface area (Å²) in [6.45, 7) is 16.8. The molecule has 0 radical (unpaired) electrons. The van der Waals surface area contributed by atoms with Gasteiger partial charge in [-0.1, -0.05) is 46.8 Å². The lowest BCUT2D eigenvalue weighted by molar-refractivity contribution is -0.112. The maximum Gasteiger partial charge on any atom is 0.261 e. The normalized spacial score (nSPS) is 26.9. The van der Waals surface area contributed by atoms with Crippen molar-refractivity contribution in [2.75, 3.05) is 19.6 Å². The molecule has 3 aliphatic carbocycles. The van der Waals surface area contributed by atoms with Gasteiger partial charge in [-0.05, 0) is 90.7 Å². The molecular weight excluding hydrogens is 539 g/mol. The maximum atomic E-state index is 14.3. The molecule has 1 saturated heterocycles. The van der Waals surface area contributed by atoms with Gasteiger partial charge < -0.3 is 15.5 Å². The largest absolute Gasteiger partial charge is 0.353 e. The fourth-order valence-corrected chi connectivity index (χ4v) is 7.71. The van der Waals surface area contributed by atoms with E-state index in [0.717, 1.165) is 48.7 Å². The number of aliphatic imine (C=N–C) groups is 1. The lowest BCUT2D eigenvalue weighted by atomic mass is 9.45. The highest BCUT2D eigenvalue weighted by Crippen LogP contribution is 2.61. The molecule has 3 aromatic rings. The van der Waals surface area contributed by atoms with Gasteiger partial charge in [0.1, 0.15) is 5.82 Å². The number of halogens is 1. The number of hydrogen-bond acceptors (Lipinski definition) is 4. The molecule has 7 nitrogen and oxygen atoms in total. The summed E-state index contributed by atoms with van der Waals surface area (Å²) in [5.41, 5.74) is 3.20. The fourth-order valence-electron chi connectivity index (χ4n) is 7.71. The Morgan fingerprint density at radius 2 is 2.02 bits per heavy atom. The Morgan fingerprint density at radius 3 is 2.74 bits per heavy atom. The van der Waals surface area contributed by atoms with Crippen molar-refractivity contribution in [1.29, 1.82) is 0 Å². The molecule has 2 bridgehead atoms. The van der Waals surface area contributed by atoms with Gasteiger partial charge in [0, 0.05) is 38.3 Å². The van der Waals surface area contributed by atoms with Crippen LogP contribution in [0, 0.1) is 41.8 Å². The van der Waals surface area contributed by atoms with Gasteiger partial charge >= 0.3 is 0 Å². The molecule has 1 aliphatic heterocycles. The van der Waals surface area contributed by atoms with Crippen LogP contribution in [-0.4, -0.2) is 52.1 Å². The maximum absolute atomic E-state index is 14.3. The van der Waals surface area contributed by atoms with Crippen molar-refractivity contribution in [3.8, 4) is 0 Å². The summed E-state index contributed by atoms with van der Waals surface area (Å²) >= 11 is 0. The minimum Gasteiger partial charge on any atom is -0.353 e. The Hall–Kier alpha value is -3.26. The second-order valence-electron chi connectivity index (χ2n) is 14.2. The zero-order valence-corrected chi connectivity index (χ0v) is 26.5. The first-order valence-electron chi connectivity index (χ1n) is 16.1. The number of nitrogens with zero attached hydrogens (tertiary/aromatic N) is 4. The van der Waals surface area contributed by atoms with Crippen LogP contribution in [0.5, 0.6) is 0 Å². The van der Waals surface area contributed by atoms with Gasteiger partial charge in [-0.2, -0.15) is 0 Å². The van der Waals surface area contributed by atoms with Gasteiger partial charge in [-0.15, -0.1) is 0 Å². The molecular formula is C35H47FN6O. The molecule has 4 aliphatic rings. The third kappa shape index (κ3) is 5.83. The minimum atomic E-state index is -0.235. The van der Waals surface area contributed by atoms with Gasteiger partial charge in [0.15, 0.2) is 5.96 Å². The zero-order chi connectivity index (χ0) is 30.5. The van der Waals surface area contributed by atoms with Crippen LogP contribution in [0.25, 0.3) is 10.9 Å². The van der Waals surface area contributed by atoms with Gasteiger partial charge in [0.2, 0.25) is 0 Å². The van der Waals surface area contributed by atoms with E-state index in [2.05, 4.69) is 55.1 Å². The zero-order valence-electron chi connectivity index (χ0n) is 26.5. The smallest absolute Gasteiger partial charge is 0.261 e. The van der Waals surface area contributed by atoms with Crippen LogP contribution in [0.1, 0.15) is 58.6 Å². The predicted molar refractivity (Wildman–Crippen MR) is 172 cm³/mol.